The number of rotatable bonds is 7. The Labute approximate surface area is 140 Å². The monoisotopic (exact) mass is 333 g/mol. The lowest BCUT2D eigenvalue weighted by atomic mass is 9.98. The fraction of sp³-hybridized carbons (Fsp3) is 0.500. The van der Waals surface area contributed by atoms with Gasteiger partial charge in [-0.25, -0.2) is 9.78 Å². The van der Waals surface area contributed by atoms with Crippen molar-refractivity contribution in [2.24, 2.45) is 17.6 Å². The molecule has 2 atom stereocenters. The van der Waals surface area contributed by atoms with E-state index in [1.54, 1.807) is 12.1 Å². The van der Waals surface area contributed by atoms with Gasteiger partial charge in [-0.15, -0.1) is 0 Å². The summed E-state index contributed by atoms with van der Waals surface area (Å²) in [6, 6.07) is 1.80. The third-order valence-corrected chi connectivity index (χ3v) is 4.02. The molecule has 0 radical (unpaired) electrons. The average Bonchev–Trinajstić information content (AvgIpc) is 3.38. The van der Waals surface area contributed by atoms with Gasteiger partial charge in [0.1, 0.15) is 11.9 Å². The Morgan fingerprint density at radius 2 is 2.00 bits per heavy atom. The van der Waals surface area contributed by atoms with Crippen LogP contribution in [0.15, 0.2) is 18.3 Å². The minimum atomic E-state index is -0.744. The molecule has 4 amide bonds. The minimum Gasteiger partial charge on any atom is -0.352 e. The quantitative estimate of drug-likeness (QED) is 0.602. The van der Waals surface area contributed by atoms with Gasteiger partial charge in [0.2, 0.25) is 11.8 Å². The van der Waals surface area contributed by atoms with Gasteiger partial charge in [-0.2, -0.15) is 0 Å². The summed E-state index contributed by atoms with van der Waals surface area (Å²) in [5.74, 6) is 0.0880. The number of hydrogen-bond acceptors (Lipinski definition) is 4. The summed E-state index contributed by atoms with van der Waals surface area (Å²) in [5, 5.41) is 7.88. The molecular weight excluding hydrogens is 310 g/mol. The maximum atomic E-state index is 12.3. The molecule has 1 aliphatic carbocycles. The number of hydrogen-bond donors (Lipinski definition) is 4. The maximum absolute atomic E-state index is 12.3. The molecule has 1 aromatic rings. The molecule has 5 N–H and O–H groups in total. The zero-order chi connectivity index (χ0) is 17.7. The van der Waals surface area contributed by atoms with Gasteiger partial charge < -0.3 is 21.7 Å². The Kier molecular flexibility index (Phi) is 5.73. The van der Waals surface area contributed by atoms with E-state index in [1.165, 1.54) is 6.20 Å². The Morgan fingerprint density at radius 3 is 2.50 bits per heavy atom. The van der Waals surface area contributed by atoms with E-state index in [-0.39, 0.29) is 23.7 Å². The fourth-order valence-electron chi connectivity index (χ4n) is 2.19. The summed E-state index contributed by atoms with van der Waals surface area (Å²) in [6.07, 6.45) is 4.01. The molecule has 130 valence electrons. The SMILES string of the molecule is CC[C@H](C)[C@@H](NC(N)=O)C(=O)Nc1ccc(NC(=O)C2CC2)nc1. The van der Waals surface area contributed by atoms with E-state index in [0.29, 0.717) is 17.9 Å². The van der Waals surface area contributed by atoms with Gasteiger partial charge in [0.05, 0.1) is 11.9 Å². The maximum Gasteiger partial charge on any atom is 0.312 e. The molecule has 0 bridgehead atoms. The van der Waals surface area contributed by atoms with Crippen molar-refractivity contribution >= 4 is 29.4 Å². The number of carbonyl (C=O) groups is 3. The molecule has 1 saturated carbocycles. The van der Waals surface area contributed by atoms with Crippen LogP contribution in [0.3, 0.4) is 0 Å². The lowest BCUT2D eigenvalue weighted by Gasteiger charge is -2.22. The number of carbonyl (C=O) groups excluding carboxylic acids is 3. The number of urea groups is 1. The first-order chi connectivity index (χ1) is 11.4. The summed E-state index contributed by atoms with van der Waals surface area (Å²) >= 11 is 0. The van der Waals surface area contributed by atoms with Crippen LogP contribution in [-0.4, -0.2) is 28.9 Å². The van der Waals surface area contributed by atoms with Crippen LogP contribution in [-0.2, 0) is 9.59 Å². The zero-order valence-electron chi connectivity index (χ0n) is 13.8. The van der Waals surface area contributed by atoms with Crippen molar-refractivity contribution in [2.75, 3.05) is 10.6 Å². The van der Waals surface area contributed by atoms with E-state index in [2.05, 4.69) is 20.9 Å². The molecule has 0 saturated heterocycles. The summed E-state index contributed by atoms with van der Waals surface area (Å²) in [4.78, 5) is 39.2. The third-order valence-electron chi connectivity index (χ3n) is 4.02. The molecule has 1 fully saturated rings. The summed E-state index contributed by atoms with van der Waals surface area (Å²) < 4.78 is 0. The van der Waals surface area contributed by atoms with Crippen molar-refractivity contribution in [3.05, 3.63) is 18.3 Å². The second-order valence-electron chi connectivity index (χ2n) is 6.06. The summed E-state index contributed by atoms with van der Waals surface area (Å²) in [5.41, 5.74) is 5.61. The molecule has 0 aromatic carbocycles. The molecule has 0 aliphatic heterocycles. The van der Waals surface area contributed by atoms with Crippen LogP contribution in [0.5, 0.6) is 0 Å². The molecule has 0 unspecified atom stereocenters. The van der Waals surface area contributed by atoms with Crippen LogP contribution < -0.4 is 21.7 Å². The third kappa shape index (κ3) is 4.94. The molecule has 8 nitrogen and oxygen atoms in total. The van der Waals surface area contributed by atoms with E-state index in [1.807, 2.05) is 13.8 Å². The van der Waals surface area contributed by atoms with Gasteiger partial charge in [-0.3, -0.25) is 9.59 Å². The number of nitrogens with one attached hydrogen (secondary N) is 3. The van der Waals surface area contributed by atoms with Crippen LogP contribution in [0, 0.1) is 11.8 Å². The largest absolute Gasteiger partial charge is 0.352 e. The number of primary amides is 1. The van der Waals surface area contributed by atoms with Gasteiger partial charge in [0.25, 0.3) is 0 Å². The normalized spacial score (nSPS) is 15.9. The lowest BCUT2D eigenvalue weighted by molar-refractivity contribution is -0.119. The molecule has 8 heteroatoms. The van der Waals surface area contributed by atoms with Crippen molar-refractivity contribution in [1.82, 2.24) is 10.3 Å². The van der Waals surface area contributed by atoms with E-state index in [9.17, 15) is 14.4 Å². The van der Waals surface area contributed by atoms with E-state index >= 15 is 0 Å². The first-order valence-corrected chi connectivity index (χ1v) is 8.04. The van der Waals surface area contributed by atoms with Crippen molar-refractivity contribution in [1.29, 1.82) is 0 Å². The Bertz CT molecular complexity index is 613. The standard InChI is InChI=1S/C16H23N5O3/c1-3-9(2)13(21-16(17)24)15(23)19-11-6-7-12(18-8-11)20-14(22)10-4-5-10/h6-10,13H,3-5H2,1-2H3,(H,19,23)(H3,17,21,24)(H,18,20,22)/t9-,13+/m0/s1. The van der Waals surface area contributed by atoms with Crippen LogP contribution in [0.2, 0.25) is 0 Å². The second-order valence-corrected chi connectivity index (χ2v) is 6.06. The first kappa shape index (κ1) is 17.7. The number of nitrogens with zero attached hydrogens (tertiary/aromatic N) is 1. The number of anilines is 2. The van der Waals surface area contributed by atoms with Crippen LogP contribution in [0.1, 0.15) is 33.1 Å². The van der Waals surface area contributed by atoms with Gasteiger partial charge in [0, 0.05) is 5.92 Å². The number of amides is 4. The van der Waals surface area contributed by atoms with Crippen LogP contribution in [0.4, 0.5) is 16.3 Å². The molecule has 1 aliphatic rings. The molecule has 0 spiro atoms. The van der Waals surface area contributed by atoms with Crippen molar-refractivity contribution < 1.29 is 14.4 Å². The van der Waals surface area contributed by atoms with E-state index in [4.69, 9.17) is 5.73 Å². The highest BCUT2D eigenvalue weighted by molar-refractivity contribution is 5.97. The topological polar surface area (TPSA) is 126 Å². The van der Waals surface area contributed by atoms with Crippen molar-refractivity contribution in [2.45, 2.75) is 39.2 Å². The highest BCUT2D eigenvalue weighted by Gasteiger charge is 2.29. The smallest absolute Gasteiger partial charge is 0.312 e. The average molecular weight is 333 g/mol. The summed E-state index contributed by atoms with van der Waals surface area (Å²) in [6.45, 7) is 3.78. The van der Waals surface area contributed by atoms with Gasteiger partial charge in [-0.05, 0) is 30.9 Å². The van der Waals surface area contributed by atoms with Gasteiger partial charge in [0.15, 0.2) is 0 Å². The lowest BCUT2D eigenvalue weighted by Crippen LogP contribution is -2.49. The van der Waals surface area contributed by atoms with Crippen molar-refractivity contribution in [3.63, 3.8) is 0 Å². The highest BCUT2D eigenvalue weighted by Crippen LogP contribution is 2.29. The Hall–Kier alpha value is -2.64. The fourth-order valence-corrected chi connectivity index (χ4v) is 2.19. The molecule has 1 heterocycles. The number of pyridine rings is 1. The Morgan fingerprint density at radius 1 is 1.29 bits per heavy atom. The van der Waals surface area contributed by atoms with Crippen LogP contribution >= 0.6 is 0 Å². The predicted octanol–water partition coefficient (Wildman–Crippen LogP) is 1.45. The van der Waals surface area contributed by atoms with Gasteiger partial charge >= 0.3 is 6.03 Å². The predicted molar refractivity (Wildman–Crippen MR) is 90.2 cm³/mol. The van der Waals surface area contributed by atoms with E-state index in [0.717, 1.165) is 12.8 Å². The first-order valence-electron chi connectivity index (χ1n) is 8.04. The highest BCUT2D eigenvalue weighted by atomic mass is 16.2. The molecule has 2 rings (SSSR count). The van der Waals surface area contributed by atoms with E-state index < -0.39 is 12.1 Å². The minimum absolute atomic E-state index is 0.0261. The zero-order valence-corrected chi connectivity index (χ0v) is 13.8. The molecule has 1 aromatic heterocycles. The number of aromatic nitrogens is 1. The van der Waals surface area contributed by atoms with Crippen molar-refractivity contribution in [3.8, 4) is 0 Å². The second kappa shape index (κ2) is 7.76. The number of nitrogens with two attached hydrogens (primary N) is 1. The van der Waals surface area contributed by atoms with Crippen LogP contribution in [0.25, 0.3) is 0 Å². The molecular formula is C16H23N5O3. The van der Waals surface area contributed by atoms with Gasteiger partial charge in [-0.1, -0.05) is 20.3 Å². The summed E-state index contributed by atoms with van der Waals surface area (Å²) in [7, 11) is 0. The Balaban J connectivity index is 1.96. The molecule has 24 heavy (non-hydrogen) atoms.